The first-order valence-electron chi connectivity index (χ1n) is 11.9. The van der Waals surface area contributed by atoms with Crippen molar-refractivity contribution < 1.29 is 37.8 Å². The summed E-state index contributed by atoms with van der Waals surface area (Å²) in [7, 11) is 0. The SMILES string of the molecule is CC(=O)OC(C)=O.CCOC(=O)c1cnccc1/C=C/c1ccccc1F.CCOC(=O)c1cnccc1C. The van der Waals surface area contributed by atoms with E-state index >= 15 is 0 Å². The number of nitrogens with zero attached hydrogens (tertiary/aromatic N) is 2. The van der Waals surface area contributed by atoms with Crippen molar-refractivity contribution in [2.75, 3.05) is 13.2 Å². The van der Waals surface area contributed by atoms with E-state index in [1.165, 1.54) is 32.3 Å². The van der Waals surface area contributed by atoms with E-state index in [0.717, 1.165) is 5.56 Å². The van der Waals surface area contributed by atoms with Gasteiger partial charge in [0.2, 0.25) is 0 Å². The monoisotopic (exact) mass is 538 g/mol. The van der Waals surface area contributed by atoms with Gasteiger partial charge in [-0.3, -0.25) is 19.6 Å². The third-order valence-corrected chi connectivity index (χ3v) is 4.52. The lowest BCUT2D eigenvalue weighted by atomic mass is 10.1. The summed E-state index contributed by atoms with van der Waals surface area (Å²) >= 11 is 0. The molecule has 3 rings (SSSR count). The lowest BCUT2D eigenvalue weighted by Gasteiger charge is -2.04. The molecule has 0 unspecified atom stereocenters. The average molecular weight is 539 g/mol. The fraction of sp³-hybridized carbons (Fsp3) is 0.241. The first-order chi connectivity index (χ1) is 18.6. The third-order valence-electron chi connectivity index (χ3n) is 4.52. The van der Waals surface area contributed by atoms with E-state index in [1.807, 2.05) is 6.92 Å². The molecule has 0 N–H and O–H groups in total. The predicted octanol–water partition coefficient (Wildman–Crippen LogP) is 5.23. The van der Waals surface area contributed by atoms with Crippen LogP contribution in [0.25, 0.3) is 12.2 Å². The number of esters is 4. The van der Waals surface area contributed by atoms with Crippen LogP contribution in [0.2, 0.25) is 0 Å². The Morgan fingerprint density at radius 1 is 0.769 bits per heavy atom. The fourth-order valence-corrected chi connectivity index (χ4v) is 2.81. The number of hydrogen-bond acceptors (Lipinski definition) is 9. The molecule has 0 atom stereocenters. The van der Waals surface area contributed by atoms with Crippen LogP contribution in [0.3, 0.4) is 0 Å². The molecule has 0 aliphatic heterocycles. The smallest absolute Gasteiger partial charge is 0.340 e. The highest BCUT2D eigenvalue weighted by Gasteiger charge is 2.11. The van der Waals surface area contributed by atoms with Crippen LogP contribution in [0, 0.1) is 12.7 Å². The molecule has 0 aliphatic rings. The first-order valence-corrected chi connectivity index (χ1v) is 11.9. The molecule has 10 heteroatoms. The summed E-state index contributed by atoms with van der Waals surface area (Å²) in [4.78, 5) is 50.4. The van der Waals surface area contributed by atoms with Crippen LogP contribution >= 0.6 is 0 Å². The largest absolute Gasteiger partial charge is 0.462 e. The number of hydrogen-bond donors (Lipinski definition) is 0. The van der Waals surface area contributed by atoms with Crippen LogP contribution in [-0.2, 0) is 23.8 Å². The summed E-state index contributed by atoms with van der Waals surface area (Å²) in [5.74, 6) is -2.17. The lowest BCUT2D eigenvalue weighted by molar-refractivity contribution is -0.156. The Morgan fingerprint density at radius 3 is 1.79 bits per heavy atom. The summed E-state index contributed by atoms with van der Waals surface area (Å²) < 4.78 is 27.3. The molecule has 0 saturated carbocycles. The van der Waals surface area contributed by atoms with Gasteiger partial charge in [0.15, 0.2) is 0 Å². The number of benzene rings is 1. The zero-order valence-electron chi connectivity index (χ0n) is 22.5. The molecule has 0 spiro atoms. The Hall–Kier alpha value is -4.73. The normalized spacial score (nSPS) is 9.79. The van der Waals surface area contributed by atoms with Crippen molar-refractivity contribution in [2.24, 2.45) is 0 Å². The number of aryl methyl sites for hydroxylation is 1. The van der Waals surface area contributed by atoms with Crippen molar-refractivity contribution in [1.82, 2.24) is 9.97 Å². The number of carbonyl (C=O) groups excluding carboxylic acids is 4. The van der Waals surface area contributed by atoms with Gasteiger partial charge in [-0.05, 0) is 50.1 Å². The minimum atomic E-state index is -0.562. The first kappa shape index (κ1) is 32.3. The van der Waals surface area contributed by atoms with E-state index in [4.69, 9.17) is 9.47 Å². The van der Waals surface area contributed by atoms with Crippen LogP contribution in [0.4, 0.5) is 4.39 Å². The molecule has 206 valence electrons. The molecular weight excluding hydrogens is 507 g/mol. The summed E-state index contributed by atoms with van der Waals surface area (Å²) in [5.41, 5.74) is 2.89. The fourth-order valence-electron chi connectivity index (χ4n) is 2.81. The molecule has 3 aromatic rings. The van der Waals surface area contributed by atoms with Gasteiger partial charge in [0.25, 0.3) is 0 Å². The number of carbonyl (C=O) groups is 4. The van der Waals surface area contributed by atoms with Gasteiger partial charge in [0.1, 0.15) is 5.82 Å². The lowest BCUT2D eigenvalue weighted by Crippen LogP contribution is -2.06. The van der Waals surface area contributed by atoms with Crippen molar-refractivity contribution in [3.8, 4) is 0 Å². The van der Waals surface area contributed by atoms with Crippen LogP contribution in [0.5, 0.6) is 0 Å². The molecular formula is C29H31FN2O7. The number of ether oxygens (including phenoxy) is 3. The molecule has 0 saturated heterocycles. The average Bonchev–Trinajstić information content (AvgIpc) is 2.89. The molecule has 0 bridgehead atoms. The van der Waals surface area contributed by atoms with Crippen molar-refractivity contribution in [3.63, 3.8) is 0 Å². The van der Waals surface area contributed by atoms with Crippen LogP contribution in [0.1, 0.15) is 65.1 Å². The molecule has 39 heavy (non-hydrogen) atoms. The second kappa shape index (κ2) is 17.7. The Labute approximate surface area is 226 Å². The highest BCUT2D eigenvalue weighted by Crippen LogP contribution is 2.15. The second-order valence-corrected chi connectivity index (χ2v) is 7.53. The van der Waals surface area contributed by atoms with E-state index < -0.39 is 17.9 Å². The Bertz CT molecular complexity index is 1280. The zero-order valence-corrected chi connectivity index (χ0v) is 22.5. The Kier molecular flexibility index (Phi) is 14.6. The molecule has 0 aliphatic carbocycles. The summed E-state index contributed by atoms with van der Waals surface area (Å²) in [6.45, 7) is 8.43. The van der Waals surface area contributed by atoms with E-state index in [9.17, 15) is 23.6 Å². The minimum Gasteiger partial charge on any atom is -0.462 e. The van der Waals surface area contributed by atoms with Crippen molar-refractivity contribution in [3.05, 3.63) is 94.8 Å². The van der Waals surface area contributed by atoms with Gasteiger partial charge in [-0.1, -0.05) is 30.4 Å². The third kappa shape index (κ3) is 12.4. The van der Waals surface area contributed by atoms with E-state index in [1.54, 1.807) is 68.7 Å². The molecule has 0 radical (unpaired) electrons. The standard InChI is InChI=1S/C16H14FNO2.C9H11NO2.C4H6O3/c1-2-20-16(19)14-11-18-10-9-12(14)7-8-13-5-3-4-6-15(13)17;1-3-12-9(11)8-6-10-5-4-7(8)2;1-3(5)7-4(2)6/h3-11H,2H2,1H3;4-6H,3H2,1-2H3;1-2H3/b8-7+;;. The van der Waals surface area contributed by atoms with Gasteiger partial charge >= 0.3 is 23.9 Å². The van der Waals surface area contributed by atoms with Crippen molar-refractivity contribution in [1.29, 1.82) is 0 Å². The maximum atomic E-state index is 13.5. The number of pyridine rings is 2. The second-order valence-electron chi connectivity index (χ2n) is 7.53. The quantitative estimate of drug-likeness (QED) is 0.236. The maximum absolute atomic E-state index is 13.5. The van der Waals surface area contributed by atoms with Gasteiger partial charge in [-0.15, -0.1) is 0 Å². The topological polar surface area (TPSA) is 122 Å². The van der Waals surface area contributed by atoms with Gasteiger partial charge in [0, 0.05) is 44.2 Å². The van der Waals surface area contributed by atoms with Crippen LogP contribution in [0.15, 0.2) is 61.2 Å². The minimum absolute atomic E-state index is 0.296. The van der Waals surface area contributed by atoms with E-state index in [-0.39, 0.29) is 11.8 Å². The Morgan fingerprint density at radius 2 is 1.28 bits per heavy atom. The Balaban J connectivity index is 0.000000339. The number of aromatic nitrogens is 2. The summed E-state index contributed by atoms with van der Waals surface area (Å²) in [6, 6.07) is 9.90. The van der Waals surface area contributed by atoms with Gasteiger partial charge in [-0.2, -0.15) is 0 Å². The van der Waals surface area contributed by atoms with Crippen molar-refractivity contribution >= 4 is 36.0 Å². The molecule has 0 fully saturated rings. The van der Waals surface area contributed by atoms with Crippen molar-refractivity contribution in [2.45, 2.75) is 34.6 Å². The number of rotatable bonds is 6. The van der Waals surface area contributed by atoms with E-state index in [2.05, 4.69) is 14.7 Å². The highest BCUT2D eigenvalue weighted by molar-refractivity contribution is 5.94. The molecule has 2 aromatic heterocycles. The molecule has 2 heterocycles. The highest BCUT2D eigenvalue weighted by atomic mass is 19.1. The predicted molar refractivity (Wildman–Crippen MR) is 143 cm³/mol. The molecule has 9 nitrogen and oxygen atoms in total. The van der Waals surface area contributed by atoms with Gasteiger partial charge in [0.05, 0.1) is 24.3 Å². The summed E-state index contributed by atoms with van der Waals surface area (Å²) in [5, 5.41) is 0. The maximum Gasteiger partial charge on any atom is 0.340 e. The zero-order chi connectivity index (χ0) is 29.2. The van der Waals surface area contributed by atoms with Crippen LogP contribution in [-0.4, -0.2) is 47.1 Å². The number of halogens is 1. The van der Waals surface area contributed by atoms with E-state index in [0.29, 0.717) is 35.5 Å². The molecule has 1 aromatic carbocycles. The molecule has 0 amide bonds. The summed E-state index contributed by atoms with van der Waals surface area (Å²) in [6.07, 6.45) is 9.48. The van der Waals surface area contributed by atoms with Gasteiger partial charge in [-0.25, -0.2) is 14.0 Å². The van der Waals surface area contributed by atoms with Crippen LogP contribution < -0.4 is 0 Å². The van der Waals surface area contributed by atoms with Gasteiger partial charge < -0.3 is 14.2 Å².